The second-order valence-corrected chi connectivity index (χ2v) is 14.2. The molecule has 5 unspecified atom stereocenters. The lowest BCUT2D eigenvalue weighted by Crippen LogP contribution is -2.69. The highest BCUT2D eigenvalue weighted by Crippen LogP contribution is 2.40. The van der Waals surface area contributed by atoms with Crippen LogP contribution in [0.5, 0.6) is 0 Å². The number of amides is 1. The Bertz CT molecular complexity index is 534. The molecule has 0 aromatic carbocycles. The zero-order valence-electron chi connectivity index (χ0n) is 17.6. The third-order valence-electron chi connectivity index (χ3n) is 6.10. The van der Waals surface area contributed by atoms with Crippen LogP contribution in [0.15, 0.2) is 0 Å². The maximum Gasteiger partial charge on any atom is 0.239 e. The monoisotopic (exact) mass is 388 g/mol. The van der Waals surface area contributed by atoms with Gasteiger partial charge >= 0.3 is 0 Å². The van der Waals surface area contributed by atoms with E-state index in [1.165, 1.54) is 0 Å². The number of likely N-dealkylation sites (N-methyl/N-ethyl adjacent to an activating group) is 2. The van der Waals surface area contributed by atoms with Gasteiger partial charge in [-0.1, -0.05) is 20.8 Å². The highest BCUT2D eigenvalue weighted by molar-refractivity contribution is 6.74. The Morgan fingerprint density at radius 3 is 2.31 bits per heavy atom. The first-order valence-electron chi connectivity index (χ1n) is 9.33. The van der Waals surface area contributed by atoms with Crippen molar-refractivity contribution >= 4 is 14.2 Å². The number of carbonyl (C=O) groups is 1. The minimum Gasteiger partial charge on any atom is -0.415 e. The molecule has 0 radical (unpaired) electrons. The first kappa shape index (κ1) is 21.8. The Balaban J connectivity index is 2.25. The molecule has 0 saturated carbocycles. The van der Waals surface area contributed by atoms with E-state index in [1.54, 1.807) is 20.9 Å². The first-order valence-corrected chi connectivity index (χ1v) is 12.2. The Morgan fingerprint density at radius 2 is 1.81 bits per heavy atom. The van der Waals surface area contributed by atoms with E-state index in [-0.39, 0.29) is 17.0 Å². The van der Waals surface area contributed by atoms with Crippen LogP contribution in [0.4, 0.5) is 0 Å². The fraction of sp³-hybridized carbons (Fsp3) is 0.944. The van der Waals surface area contributed by atoms with E-state index in [4.69, 9.17) is 13.9 Å². The SMILES string of the molecule is CNC(=O)C1C2OC(C)(C)OC2C(O)C(CO[Si](C)(C)C(C)(C)C)N1C. The number of carbonyl (C=O) groups excluding carboxylic acids is 1. The third-order valence-corrected chi connectivity index (χ3v) is 10.6. The number of hydrogen-bond donors (Lipinski definition) is 2. The number of ether oxygens (including phenoxy) is 2. The number of aliphatic hydroxyl groups excluding tert-OH is 1. The fourth-order valence-electron chi connectivity index (χ4n) is 3.43. The minimum absolute atomic E-state index is 0.0723. The van der Waals surface area contributed by atoms with Crippen molar-refractivity contribution in [3.63, 3.8) is 0 Å². The lowest BCUT2D eigenvalue weighted by Gasteiger charge is -2.47. The molecule has 2 fully saturated rings. The van der Waals surface area contributed by atoms with Crippen molar-refractivity contribution in [1.29, 1.82) is 0 Å². The summed E-state index contributed by atoms with van der Waals surface area (Å²) in [4.78, 5) is 14.4. The van der Waals surface area contributed by atoms with Crippen LogP contribution in [0.1, 0.15) is 34.6 Å². The van der Waals surface area contributed by atoms with Crippen molar-refractivity contribution in [2.24, 2.45) is 0 Å². The van der Waals surface area contributed by atoms with Crippen LogP contribution in [0.3, 0.4) is 0 Å². The van der Waals surface area contributed by atoms with E-state index in [2.05, 4.69) is 39.2 Å². The van der Waals surface area contributed by atoms with E-state index in [0.717, 1.165) is 0 Å². The van der Waals surface area contributed by atoms with Crippen LogP contribution >= 0.6 is 0 Å². The molecule has 7 nitrogen and oxygen atoms in total. The van der Waals surface area contributed by atoms with Gasteiger partial charge in [0.25, 0.3) is 0 Å². The van der Waals surface area contributed by atoms with Gasteiger partial charge in [0.1, 0.15) is 24.4 Å². The number of nitrogens with one attached hydrogen (secondary N) is 1. The van der Waals surface area contributed by atoms with Gasteiger partial charge in [-0.05, 0) is 39.0 Å². The average Bonchev–Trinajstić information content (AvgIpc) is 2.81. The maximum absolute atomic E-state index is 12.5. The van der Waals surface area contributed by atoms with Gasteiger partial charge in [0, 0.05) is 7.05 Å². The normalized spacial score (nSPS) is 35.2. The van der Waals surface area contributed by atoms with Crippen LogP contribution in [0.2, 0.25) is 18.1 Å². The number of rotatable bonds is 4. The molecule has 8 heteroatoms. The standard InChI is InChI=1S/C18H36N2O5Si/c1-17(2,3)26(8,9)23-10-11-13(21)15-14(24-18(4,5)25-15)12(20(11)7)16(22)19-6/h11-15,21H,10H2,1-9H3,(H,19,22). The number of nitrogens with zero attached hydrogens (tertiary/aromatic N) is 1. The van der Waals surface area contributed by atoms with Gasteiger partial charge in [0.2, 0.25) is 5.91 Å². The Labute approximate surface area is 158 Å². The molecule has 0 aromatic rings. The van der Waals surface area contributed by atoms with Crippen LogP contribution in [-0.4, -0.2) is 81.1 Å². The molecule has 0 bridgehead atoms. The predicted octanol–water partition coefficient (Wildman–Crippen LogP) is 1.32. The zero-order valence-corrected chi connectivity index (χ0v) is 18.6. The summed E-state index contributed by atoms with van der Waals surface area (Å²) in [5.41, 5.74) is 0. The van der Waals surface area contributed by atoms with E-state index < -0.39 is 38.5 Å². The molecule has 2 heterocycles. The lowest BCUT2D eigenvalue weighted by atomic mass is 9.88. The molecule has 2 aliphatic rings. The van der Waals surface area contributed by atoms with Gasteiger partial charge in [-0.3, -0.25) is 9.69 Å². The first-order chi connectivity index (χ1) is 11.7. The largest absolute Gasteiger partial charge is 0.415 e. The molecular formula is C18H36N2O5Si. The average molecular weight is 389 g/mol. The van der Waals surface area contributed by atoms with Crippen LogP contribution in [-0.2, 0) is 18.7 Å². The number of fused-ring (bicyclic) bond motifs is 1. The van der Waals surface area contributed by atoms with Gasteiger partial charge in [0.15, 0.2) is 14.1 Å². The molecule has 2 rings (SSSR count). The molecule has 0 spiro atoms. The van der Waals surface area contributed by atoms with Gasteiger partial charge in [0.05, 0.1) is 12.6 Å². The Hall–Kier alpha value is -0.513. The lowest BCUT2D eigenvalue weighted by molar-refractivity contribution is -0.155. The van der Waals surface area contributed by atoms with Gasteiger partial charge in [-0.15, -0.1) is 0 Å². The summed E-state index contributed by atoms with van der Waals surface area (Å²) in [5, 5.41) is 13.8. The van der Waals surface area contributed by atoms with Crippen molar-refractivity contribution in [2.45, 2.75) is 88.9 Å². The molecule has 152 valence electrons. The summed E-state index contributed by atoms with van der Waals surface area (Å²) >= 11 is 0. The smallest absolute Gasteiger partial charge is 0.239 e. The van der Waals surface area contributed by atoms with Crippen LogP contribution in [0.25, 0.3) is 0 Å². The van der Waals surface area contributed by atoms with Gasteiger partial charge in [-0.2, -0.15) is 0 Å². The number of aliphatic hydroxyl groups is 1. The van der Waals surface area contributed by atoms with E-state index in [9.17, 15) is 9.90 Å². The van der Waals surface area contributed by atoms with E-state index >= 15 is 0 Å². The molecule has 5 atom stereocenters. The van der Waals surface area contributed by atoms with Crippen molar-refractivity contribution in [2.75, 3.05) is 20.7 Å². The molecule has 1 amide bonds. The summed E-state index contributed by atoms with van der Waals surface area (Å²) in [6.45, 7) is 14.9. The minimum atomic E-state index is -1.98. The highest BCUT2D eigenvalue weighted by Gasteiger charge is 2.58. The summed E-state index contributed by atoms with van der Waals surface area (Å²) < 4.78 is 18.3. The van der Waals surface area contributed by atoms with Crippen molar-refractivity contribution in [3.05, 3.63) is 0 Å². The predicted molar refractivity (Wildman–Crippen MR) is 102 cm³/mol. The molecule has 0 aliphatic carbocycles. The maximum atomic E-state index is 12.5. The molecule has 0 aromatic heterocycles. The summed E-state index contributed by atoms with van der Waals surface area (Å²) in [7, 11) is 1.47. The van der Waals surface area contributed by atoms with Crippen molar-refractivity contribution in [3.8, 4) is 0 Å². The van der Waals surface area contributed by atoms with Crippen LogP contribution < -0.4 is 5.32 Å². The number of hydrogen-bond acceptors (Lipinski definition) is 6. The molecule has 2 aliphatic heterocycles. The summed E-state index contributed by atoms with van der Waals surface area (Å²) in [6, 6.07) is -0.881. The van der Waals surface area contributed by atoms with E-state index in [0.29, 0.717) is 6.61 Å². The molecule has 2 saturated heterocycles. The number of likely N-dealkylation sites (tertiary alicyclic amines) is 1. The third kappa shape index (κ3) is 4.00. The highest BCUT2D eigenvalue weighted by atomic mass is 28.4. The topological polar surface area (TPSA) is 80.3 Å². The van der Waals surface area contributed by atoms with Gasteiger partial charge in [-0.25, -0.2) is 0 Å². The zero-order chi connectivity index (χ0) is 20.1. The molecular weight excluding hydrogens is 352 g/mol. The van der Waals surface area contributed by atoms with Crippen LogP contribution in [0, 0.1) is 0 Å². The fourth-order valence-corrected chi connectivity index (χ4v) is 4.45. The molecule has 2 N–H and O–H groups in total. The second kappa shape index (κ2) is 7.14. The van der Waals surface area contributed by atoms with E-state index in [1.807, 2.05) is 11.9 Å². The summed E-state index contributed by atoms with van der Waals surface area (Å²) in [6.07, 6.45) is -1.87. The van der Waals surface area contributed by atoms with Gasteiger partial charge < -0.3 is 24.3 Å². The second-order valence-electron chi connectivity index (χ2n) is 9.42. The Kier molecular flexibility index (Phi) is 5.98. The van der Waals surface area contributed by atoms with Crippen molar-refractivity contribution in [1.82, 2.24) is 10.2 Å². The summed E-state index contributed by atoms with van der Waals surface area (Å²) in [5.74, 6) is -0.980. The molecule has 26 heavy (non-hydrogen) atoms. The Morgan fingerprint density at radius 1 is 1.27 bits per heavy atom. The van der Waals surface area contributed by atoms with Crippen molar-refractivity contribution < 1.29 is 23.8 Å². The number of piperidine rings is 1. The quantitative estimate of drug-likeness (QED) is 0.707.